The van der Waals surface area contributed by atoms with E-state index < -0.39 is 11.9 Å². The molecule has 9 heteroatoms. The predicted octanol–water partition coefficient (Wildman–Crippen LogP) is 1.28. The van der Waals surface area contributed by atoms with Crippen LogP contribution in [0.25, 0.3) is 0 Å². The molecule has 1 aromatic rings. The minimum Gasteiger partial charge on any atom is -0.473 e. The van der Waals surface area contributed by atoms with Gasteiger partial charge in [0.2, 0.25) is 0 Å². The van der Waals surface area contributed by atoms with E-state index in [1.807, 2.05) is 12.1 Å². The molecule has 2 N–H and O–H groups in total. The van der Waals surface area contributed by atoms with Crippen molar-refractivity contribution in [2.75, 3.05) is 26.2 Å². The van der Waals surface area contributed by atoms with Crippen LogP contribution in [0.2, 0.25) is 0 Å². The van der Waals surface area contributed by atoms with Crippen molar-refractivity contribution in [1.29, 1.82) is 0 Å². The maximum atomic E-state index is 10.6. The molecule has 2 rings (SSSR count). The number of hydrogen-bond donors (Lipinski definition) is 2. The van der Waals surface area contributed by atoms with Crippen molar-refractivity contribution in [1.82, 2.24) is 9.80 Å². The lowest BCUT2D eigenvalue weighted by atomic mass is 10.1. The van der Waals surface area contributed by atoms with Crippen LogP contribution in [0, 0.1) is 10.1 Å². The summed E-state index contributed by atoms with van der Waals surface area (Å²) in [5.74, 6) is -3.65. The van der Waals surface area contributed by atoms with E-state index in [1.165, 1.54) is 0 Å². The molecule has 25 heavy (non-hydrogen) atoms. The Kier molecular flexibility index (Phi) is 7.96. The van der Waals surface area contributed by atoms with Crippen molar-refractivity contribution in [3.05, 3.63) is 39.9 Å². The maximum absolute atomic E-state index is 10.6. The van der Waals surface area contributed by atoms with E-state index in [0.29, 0.717) is 6.04 Å². The molecule has 1 saturated heterocycles. The maximum Gasteiger partial charge on any atom is 0.414 e. The number of piperazine rings is 1. The van der Waals surface area contributed by atoms with Gasteiger partial charge >= 0.3 is 11.9 Å². The van der Waals surface area contributed by atoms with Gasteiger partial charge in [0.15, 0.2) is 0 Å². The molecule has 9 nitrogen and oxygen atoms in total. The number of non-ortho nitro benzene ring substituents is 1. The van der Waals surface area contributed by atoms with Gasteiger partial charge in [0.05, 0.1) is 4.92 Å². The van der Waals surface area contributed by atoms with Crippen LogP contribution in [0.5, 0.6) is 0 Å². The van der Waals surface area contributed by atoms with Gasteiger partial charge in [-0.05, 0) is 19.4 Å². The molecule has 0 atom stereocenters. The van der Waals surface area contributed by atoms with E-state index in [2.05, 4.69) is 23.6 Å². The van der Waals surface area contributed by atoms with Gasteiger partial charge in [-0.3, -0.25) is 19.9 Å². The molecule has 0 saturated carbocycles. The van der Waals surface area contributed by atoms with Crippen molar-refractivity contribution < 1.29 is 24.7 Å². The Morgan fingerprint density at radius 2 is 1.56 bits per heavy atom. The molecule has 1 heterocycles. The Morgan fingerprint density at radius 1 is 1.08 bits per heavy atom. The Labute approximate surface area is 145 Å². The van der Waals surface area contributed by atoms with Crippen LogP contribution >= 0.6 is 0 Å². The standard InChI is InChI=1S/C14H21N3O2.C2H2O4/c1-12(2)16-9-7-15(8-10-16)11-13-3-5-14(6-4-13)17(18)19;3-1(4)2(5)6/h3-6,12H,7-11H2,1-2H3;(H,3,4)(H,5,6). The highest BCUT2D eigenvalue weighted by molar-refractivity contribution is 6.27. The van der Waals surface area contributed by atoms with Crippen molar-refractivity contribution >= 4 is 17.6 Å². The smallest absolute Gasteiger partial charge is 0.414 e. The third kappa shape index (κ3) is 7.27. The molecular formula is C16H23N3O6. The number of aliphatic carboxylic acids is 2. The zero-order chi connectivity index (χ0) is 19.0. The number of carbonyl (C=O) groups is 2. The molecule has 1 aliphatic heterocycles. The predicted molar refractivity (Wildman–Crippen MR) is 90.4 cm³/mol. The second-order valence-electron chi connectivity index (χ2n) is 5.94. The lowest BCUT2D eigenvalue weighted by Crippen LogP contribution is -2.48. The first-order valence-corrected chi connectivity index (χ1v) is 7.86. The number of nitrogens with zero attached hydrogens (tertiary/aromatic N) is 3. The van der Waals surface area contributed by atoms with E-state index in [0.717, 1.165) is 38.3 Å². The molecule has 1 fully saturated rings. The third-order valence-electron chi connectivity index (χ3n) is 3.87. The lowest BCUT2D eigenvalue weighted by molar-refractivity contribution is -0.384. The average Bonchev–Trinajstić information content (AvgIpc) is 2.56. The van der Waals surface area contributed by atoms with Crippen LogP contribution in [0.1, 0.15) is 19.4 Å². The number of nitro groups is 1. The Bertz CT molecular complexity index is 582. The van der Waals surface area contributed by atoms with Gasteiger partial charge in [-0.2, -0.15) is 0 Å². The summed E-state index contributed by atoms with van der Waals surface area (Å²) >= 11 is 0. The number of hydrogen-bond acceptors (Lipinski definition) is 6. The molecule has 0 bridgehead atoms. The first-order valence-electron chi connectivity index (χ1n) is 7.86. The molecule has 0 radical (unpaired) electrons. The van der Waals surface area contributed by atoms with Crippen molar-refractivity contribution in [2.24, 2.45) is 0 Å². The summed E-state index contributed by atoms with van der Waals surface area (Å²) in [5.41, 5.74) is 1.30. The monoisotopic (exact) mass is 353 g/mol. The normalized spacial score (nSPS) is 15.3. The Balaban J connectivity index is 0.000000450. The summed E-state index contributed by atoms with van der Waals surface area (Å²) in [4.78, 5) is 33.3. The molecule has 0 spiro atoms. The summed E-state index contributed by atoms with van der Waals surface area (Å²) in [6.45, 7) is 9.67. The fourth-order valence-electron chi connectivity index (χ4n) is 2.42. The SMILES string of the molecule is CC(C)N1CCN(Cc2ccc([N+](=O)[O-])cc2)CC1.O=C(O)C(=O)O. The highest BCUT2D eigenvalue weighted by Crippen LogP contribution is 2.15. The second kappa shape index (κ2) is 9.70. The van der Waals surface area contributed by atoms with Gasteiger partial charge in [0, 0.05) is 50.9 Å². The van der Waals surface area contributed by atoms with Gasteiger partial charge in [0.1, 0.15) is 0 Å². The highest BCUT2D eigenvalue weighted by atomic mass is 16.6. The minimum atomic E-state index is -1.82. The molecular weight excluding hydrogens is 330 g/mol. The van der Waals surface area contributed by atoms with Crippen LogP contribution in [-0.2, 0) is 16.1 Å². The van der Waals surface area contributed by atoms with Crippen LogP contribution < -0.4 is 0 Å². The molecule has 138 valence electrons. The third-order valence-corrected chi connectivity index (χ3v) is 3.87. The van der Waals surface area contributed by atoms with Gasteiger partial charge < -0.3 is 10.2 Å². The van der Waals surface area contributed by atoms with Gasteiger partial charge in [0.25, 0.3) is 5.69 Å². The average molecular weight is 353 g/mol. The van der Waals surface area contributed by atoms with Gasteiger partial charge in [-0.1, -0.05) is 12.1 Å². The Morgan fingerprint density at radius 3 is 1.92 bits per heavy atom. The molecule has 0 aliphatic carbocycles. The molecule has 0 unspecified atom stereocenters. The van der Waals surface area contributed by atoms with Crippen LogP contribution in [0.15, 0.2) is 24.3 Å². The van der Waals surface area contributed by atoms with Crippen molar-refractivity contribution in [3.63, 3.8) is 0 Å². The van der Waals surface area contributed by atoms with E-state index in [1.54, 1.807) is 12.1 Å². The number of nitro benzene ring substituents is 1. The summed E-state index contributed by atoms with van der Waals surface area (Å²) in [6.07, 6.45) is 0. The number of carboxylic acids is 2. The fraction of sp³-hybridized carbons (Fsp3) is 0.500. The van der Waals surface area contributed by atoms with E-state index in [-0.39, 0.29) is 10.6 Å². The summed E-state index contributed by atoms with van der Waals surface area (Å²) in [6, 6.07) is 7.49. The lowest BCUT2D eigenvalue weighted by Gasteiger charge is -2.36. The van der Waals surface area contributed by atoms with E-state index in [9.17, 15) is 10.1 Å². The Hall–Kier alpha value is -2.52. The summed E-state index contributed by atoms with van der Waals surface area (Å²) < 4.78 is 0. The number of rotatable bonds is 4. The van der Waals surface area contributed by atoms with E-state index in [4.69, 9.17) is 19.8 Å². The van der Waals surface area contributed by atoms with Crippen molar-refractivity contribution in [2.45, 2.75) is 26.4 Å². The zero-order valence-corrected chi connectivity index (χ0v) is 14.3. The van der Waals surface area contributed by atoms with Crippen LogP contribution in [-0.4, -0.2) is 69.1 Å². The topological polar surface area (TPSA) is 124 Å². The largest absolute Gasteiger partial charge is 0.473 e. The molecule has 0 amide bonds. The van der Waals surface area contributed by atoms with E-state index >= 15 is 0 Å². The van der Waals surface area contributed by atoms with Crippen molar-refractivity contribution in [3.8, 4) is 0 Å². The van der Waals surface area contributed by atoms with Gasteiger partial charge in [-0.25, -0.2) is 9.59 Å². The number of carboxylic acid groups (broad SMARTS) is 2. The first kappa shape index (κ1) is 20.5. The number of benzene rings is 1. The second-order valence-corrected chi connectivity index (χ2v) is 5.94. The van der Waals surface area contributed by atoms with Crippen LogP contribution in [0.4, 0.5) is 5.69 Å². The zero-order valence-electron chi connectivity index (χ0n) is 14.3. The first-order chi connectivity index (χ1) is 11.7. The molecule has 1 aliphatic rings. The molecule has 1 aromatic carbocycles. The highest BCUT2D eigenvalue weighted by Gasteiger charge is 2.18. The molecule has 0 aromatic heterocycles. The summed E-state index contributed by atoms with van der Waals surface area (Å²) in [7, 11) is 0. The summed E-state index contributed by atoms with van der Waals surface area (Å²) in [5, 5.41) is 25.4. The quantitative estimate of drug-likeness (QED) is 0.471. The fourth-order valence-corrected chi connectivity index (χ4v) is 2.42. The van der Waals surface area contributed by atoms with Gasteiger partial charge in [-0.15, -0.1) is 0 Å². The van der Waals surface area contributed by atoms with Crippen LogP contribution in [0.3, 0.4) is 0 Å². The minimum absolute atomic E-state index is 0.161.